The number of carbonyl (C=O) groups excluding carboxylic acids is 2. The minimum Gasteiger partial charge on any atom is -0.497 e. The molecular weight excluding hydrogens is 434 g/mol. The molecule has 28 heavy (non-hydrogen) atoms. The third-order valence-corrected chi connectivity index (χ3v) is 4.54. The lowest BCUT2D eigenvalue weighted by Gasteiger charge is -2.12. The molecule has 0 fully saturated rings. The van der Waals surface area contributed by atoms with Gasteiger partial charge < -0.3 is 14.8 Å². The number of benzene rings is 1. The van der Waals surface area contributed by atoms with Crippen molar-refractivity contribution in [3.8, 4) is 5.75 Å². The Morgan fingerprint density at radius 3 is 2.71 bits per heavy atom. The van der Waals surface area contributed by atoms with Gasteiger partial charge in [0.25, 0.3) is 5.56 Å². The van der Waals surface area contributed by atoms with Crippen LogP contribution in [0.5, 0.6) is 5.75 Å². The van der Waals surface area contributed by atoms with E-state index in [2.05, 4.69) is 31.3 Å². The fourth-order valence-electron chi connectivity index (χ4n) is 2.63. The number of nitrogens with zero attached hydrogens (tertiary/aromatic N) is 4. The summed E-state index contributed by atoms with van der Waals surface area (Å²) in [6, 6.07) is 4.56. The molecule has 1 aromatic carbocycles. The minimum atomic E-state index is -0.631. The molecule has 3 aromatic rings. The van der Waals surface area contributed by atoms with E-state index in [9.17, 15) is 14.4 Å². The number of amides is 1. The molecule has 0 spiro atoms. The quantitative estimate of drug-likeness (QED) is 0.583. The van der Waals surface area contributed by atoms with Crippen LogP contribution in [-0.2, 0) is 23.1 Å². The molecule has 0 saturated heterocycles. The highest BCUT2D eigenvalue weighted by atomic mass is 79.9. The second kappa shape index (κ2) is 7.80. The van der Waals surface area contributed by atoms with E-state index >= 15 is 0 Å². The average molecular weight is 450 g/mol. The molecular formula is C17H16BrN5O5. The number of carbonyl (C=O) groups is 2. The Morgan fingerprint density at radius 1 is 1.29 bits per heavy atom. The van der Waals surface area contributed by atoms with Crippen LogP contribution in [0.2, 0.25) is 0 Å². The molecule has 0 radical (unpaired) electrons. The fourth-order valence-corrected chi connectivity index (χ4v) is 3.22. The van der Waals surface area contributed by atoms with E-state index in [1.807, 2.05) is 0 Å². The summed E-state index contributed by atoms with van der Waals surface area (Å²) in [6.07, 6.45) is 1.27. The molecule has 0 atom stereocenters. The van der Waals surface area contributed by atoms with Gasteiger partial charge in [0, 0.05) is 7.05 Å². The number of hydrogen-bond donors (Lipinski definition) is 1. The number of hydrogen-bond acceptors (Lipinski definition) is 7. The maximum Gasteiger partial charge on any atom is 0.340 e. The SMILES string of the molecule is COC(=O)c1cc(OC)ccc1NC(=O)Cn1cnc2c(c(Br)nn2C)c1=O. The molecule has 0 bridgehead atoms. The van der Waals surface area contributed by atoms with Crippen molar-refractivity contribution in [3.63, 3.8) is 0 Å². The van der Waals surface area contributed by atoms with Crippen molar-refractivity contribution in [2.24, 2.45) is 7.05 Å². The molecule has 1 amide bonds. The van der Waals surface area contributed by atoms with Crippen molar-refractivity contribution in [3.05, 3.63) is 45.0 Å². The number of fused-ring (bicyclic) bond motifs is 1. The molecule has 10 nitrogen and oxygen atoms in total. The fraction of sp³-hybridized carbons (Fsp3) is 0.235. The van der Waals surface area contributed by atoms with Crippen molar-refractivity contribution in [2.75, 3.05) is 19.5 Å². The highest BCUT2D eigenvalue weighted by Gasteiger charge is 2.18. The normalized spacial score (nSPS) is 10.7. The monoisotopic (exact) mass is 449 g/mol. The first kappa shape index (κ1) is 19.5. The van der Waals surface area contributed by atoms with Gasteiger partial charge in [0.2, 0.25) is 5.91 Å². The first-order valence-corrected chi connectivity index (χ1v) is 8.78. The van der Waals surface area contributed by atoms with Crippen molar-refractivity contribution in [1.82, 2.24) is 19.3 Å². The summed E-state index contributed by atoms with van der Waals surface area (Å²) in [5.74, 6) is -0.710. The lowest BCUT2D eigenvalue weighted by Crippen LogP contribution is -2.28. The van der Waals surface area contributed by atoms with Crippen LogP contribution < -0.4 is 15.6 Å². The molecule has 0 aliphatic heterocycles. The van der Waals surface area contributed by atoms with Gasteiger partial charge in [-0.3, -0.25) is 14.2 Å². The lowest BCUT2D eigenvalue weighted by molar-refractivity contribution is -0.116. The third kappa shape index (κ3) is 3.60. The molecule has 1 N–H and O–H groups in total. The van der Waals surface area contributed by atoms with Gasteiger partial charge in [0.05, 0.1) is 25.5 Å². The Labute approximate surface area is 167 Å². The molecule has 0 saturated carbocycles. The number of ether oxygens (including phenoxy) is 2. The van der Waals surface area contributed by atoms with Gasteiger partial charge in [-0.2, -0.15) is 5.10 Å². The maximum atomic E-state index is 12.6. The number of methoxy groups -OCH3 is 2. The summed E-state index contributed by atoms with van der Waals surface area (Å²) >= 11 is 3.22. The van der Waals surface area contributed by atoms with Crippen LogP contribution in [0.25, 0.3) is 11.0 Å². The van der Waals surface area contributed by atoms with Crippen molar-refractivity contribution in [2.45, 2.75) is 6.54 Å². The van der Waals surface area contributed by atoms with E-state index in [-0.39, 0.29) is 23.2 Å². The van der Waals surface area contributed by atoms with Gasteiger partial charge in [-0.05, 0) is 34.1 Å². The lowest BCUT2D eigenvalue weighted by atomic mass is 10.1. The number of anilines is 1. The van der Waals surface area contributed by atoms with Crippen LogP contribution in [0.4, 0.5) is 5.69 Å². The zero-order chi connectivity index (χ0) is 20.4. The Bertz CT molecular complexity index is 1140. The molecule has 146 valence electrons. The Balaban J connectivity index is 1.88. The number of halogens is 1. The van der Waals surface area contributed by atoms with Crippen LogP contribution in [-0.4, -0.2) is 45.4 Å². The first-order valence-electron chi connectivity index (χ1n) is 7.99. The van der Waals surface area contributed by atoms with Crippen LogP contribution in [0.1, 0.15) is 10.4 Å². The summed E-state index contributed by atoms with van der Waals surface area (Å²) in [6.45, 7) is -0.296. The first-order chi connectivity index (χ1) is 13.3. The molecule has 11 heteroatoms. The van der Waals surface area contributed by atoms with E-state index in [0.717, 1.165) is 4.57 Å². The molecule has 2 heterocycles. The minimum absolute atomic E-state index is 0.131. The van der Waals surface area contributed by atoms with Crippen LogP contribution >= 0.6 is 15.9 Å². The van der Waals surface area contributed by atoms with E-state index in [1.165, 1.54) is 37.4 Å². The number of rotatable bonds is 5. The molecule has 0 unspecified atom stereocenters. The summed E-state index contributed by atoms with van der Waals surface area (Å²) in [4.78, 5) is 41.2. The van der Waals surface area contributed by atoms with Gasteiger partial charge in [-0.15, -0.1) is 0 Å². The van der Waals surface area contributed by atoms with Crippen molar-refractivity contribution >= 4 is 44.5 Å². The largest absolute Gasteiger partial charge is 0.497 e. The van der Waals surface area contributed by atoms with Gasteiger partial charge in [-0.1, -0.05) is 0 Å². The average Bonchev–Trinajstić information content (AvgIpc) is 2.97. The van der Waals surface area contributed by atoms with Gasteiger partial charge in [0.1, 0.15) is 28.6 Å². The molecule has 0 aliphatic rings. The maximum absolute atomic E-state index is 12.6. The second-order valence-electron chi connectivity index (χ2n) is 5.74. The van der Waals surface area contributed by atoms with E-state index in [0.29, 0.717) is 16.0 Å². The van der Waals surface area contributed by atoms with Gasteiger partial charge in [-0.25, -0.2) is 14.5 Å². The van der Waals surface area contributed by atoms with E-state index in [1.54, 1.807) is 13.1 Å². The standard InChI is InChI=1S/C17H16BrN5O5/c1-22-15-13(14(18)21-22)16(25)23(8-19-15)7-12(24)20-11-5-4-9(27-2)6-10(11)17(26)28-3/h4-6,8H,7H2,1-3H3,(H,20,24). The third-order valence-electron chi connectivity index (χ3n) is 3.99. The number of esters is 1. The van der Waals surface area contributed by atoms with E-state index in [4.69, 9.17) is 9.47 Å². The molecule has 2 aromatic heterocycles. The summed E-state index contributed by atoms with van der Waals surface area (Å²) in [5.41, 5.74) is 0.355. The van der Waals surface area contributed by atoms with E-state index < -0.39 is 17.4 Å². The van der Waals surface area contributed by atoms with Crippen LogP contribution in [0, 0.1) is 0 Å². The number of aryl methyl sites for hydroxylation is 1. The Kier molecular flexibility index (Phi) is 5.45. The zero-order valence-corrected chi connectivity index (χ0v) is 16.8. The second-order valence-corrected chi connectivity index (χ2v) is 6.49. The topological polar surface area (TPSA) is 117 Å². The number of nitrogens with one attached hydrogen (secondary N) is 1. The Morgan fingerprint density at radius 2 is 2.04 bits per heavy atom. The molecule has 0 aliphatic carbocycles. The number of aromatic nitrogens is 4. The Hall–Kier alpha value is -3.21. The van der Waals surface area contributed by atoms with Crippen LogP contribution in [0.15, 0.2) is 33.9 Å². The summed E-state index contributed by atoms with van der Waals surface area (Å²) in [7, 11) is 4.36. The smallest absolute Gasteiger partial charge is 0.340 e. The highest BCUT2D eigenvalue weighted by Crippen LogP contribution is 2.23. The molecule has 3 rings (SSSR count). The van der Waals surface area contributed by atoms with Crippen molar-refractivity contribution in [1.29, 1.82) is 0 Å². The summed E-state index contributed by atoms with van der Waals surface area (Å²) in [5, 5.41) is 6.97. The van der Waals surface area contributed by atoms with Gasteiger partial charge >= 0.3 is 5.97 Å². The zero-order valence-electron chi connectivity index (χ0n) is 15.2. The van der Waals surface area contributed by atoms with Crippen LogP contribution in [0.3, 0.4) is 0 Å². The van der Waals surface area contributed by atoms with Crippen molar-refractivity contribution < 1.29 is 19.1 Å². The predicted molar refractivity (Wildman–Crippen MR) is 103 cm³/mol. The summed E-state index contributed by atoms with van der Waals surface area (Å²) < 4.78 is 12.8. The highest BCUT2D eigenvalue weighted by molar-refractivity contribution is 9.10. The van der Waals surface area contributed by atoms with Gasteiger partial charge in [0.15, 0.2) is 5.65 Å². The predicted octanol–water partition coefficient (Wildman–Crippen LogP) is 1.33.